The van der Waals surface area contributed by atoms with E-state index in [4.69, 9.17) is 4.74 Å². The van der Waals surface area contributed by atoms with Crippen LogP contribution in [0.25, 0.3) is 0 Å². The summed E-state index contributed by atoms with van der Waals surface area (Å²) in [7, 11) is 0. The molecule has 3 rings (SSSR count). The Hall–Kier alpha value is -1.00. The van der Waals surface area contributed by atoms with Crippen LogP contribution in [-0.4, -0.2) is 19.7 Å². The summed E-state index contributed by atoms with van der Waals surface area (Å²) in [5.74, 6) is -1.59. The molecule has 1 atom stereocenters. The van der Waals surface area contributed by atoms with Crippen molar-refractivity contribution in [2.24, 2.45) is 5.41 Å². The van der Waals surface area contributed by atoms with Gasteiger partial charge in [-0.3, -0.25) is 0 Å². The van der Waals surface area contributed by atoms with Crippen LogP contribution in [0, 0.1) is 17.0 Å². The van der Waals surface area contributed by atoms with E-state index in [2.05, 4.69) is 5.32 Å². The lowest BCUT2D eigenvalue weighted by molar-refractivity contribution is 0.0139. The molecule has 0 aromatic heterocycles. The minimum atomic E-state index is -0.805. The molecule has 1 unspecified atom stereocenters. The van der Waals surface area contributed by atoms with E-state index < -0.39 is 17.7 Å². The number of hydrogen-bond acceptors (Lipinski definition) is 2. The van der Waals surface area contributed by atoms with E-state index in [1.54, 1.807) is 6.07 Å². The molecule has 1 N–H and O–H groups in total. The Bertz CT molecular complexity index is 457. The molecule has 4 heteroatoms. The smallest absolute Gasteiger partial charge is 0.164 e. The summed E-state index contributed by atoms with van der Waals surface area (Å²) in [5.41, 5.74) is 0.529. The number of ether oxygens (including phenoxy) is 1. The van der Waals surface area contributed by atoms with Crippen molar-refractivity contribution in [2.45, 2.75) is 31.8 Å². The van der Waals surface area contributed by atoms with Crippen molar-refractivity contribution in [1.82, 2.24) is 5.32 Å². The summed E-state index contributed by atoms with van der Waals surface area (Å²) in [5, 5.41) is 3.36. The number of halogens is 2. The highest BCUT2D eigenvalue weighted by Gasteiger charge is 2.37. The fraction of sp³-hybridized carbons (Fsp3) is 0.600. The van der Waals surface area contributed by atoms with Gasteiger partial charge in [-0.05, 0) is 18.9 Å². The number of hydrogen-bond donors (Lipinski definition) is 1. The predicted molar refractivity (Wildman–Crippen MR) is 68.8 cm³/mol. The summed E-state index contributed by atoms with van der Waals surface area (Å²) in [6.07, 6.45) is 4.42. The molecule has 104 valence electrons. The molecule has 0 bridgehead atoms. The summed E-state index contributed by atoms with van der Waals surface area (Å²) >= 11 is 0. The monoisotopic (exact) mass is 267 g/mol. The number of nitrogens with one attached hydrogen (secondary N) is 1. The molecule has 2 aliphatic rings. The van der Waals surface area contributed by atoms with Crippen molar-refractivity contribution in [3.63, 3.8) is 0 Å². The molecule has 1 aromatic carbocycles. The SMILES string of the molecule is Fc1cccc(C2CNCC3(CCCC3)CO2)c1F. The van der Waals surface area contributed by atoms with Crippen molar-refractivity contribution in [1.29, 1.82) is 0 Å². The second-order valence-corrected chi connectivity index (χ2v) is 5.78. The van der Waals surface area contributed by atoms with E-state index in [1.165, 1.54) is 31.7 Å². The average Bonchev–Trinajstić information content (AvgIpc) is 2.76. The Morgan fingerprint density at radius 2 is 2.00 bits per heavy atom. The standard InChI is InChI=1S/C15H19F2NO/c16-12-5-3-4-11(14(12)17)13-8-18-9-15(10-19-13)6-1-2-7-15/h3-5,13,18H,1-2,6-10H2. The molecule has 1 spiro atoms. The van der Waals surface area contributed by atoms with Gasteiger partial charge in [0.05, 0.1) is 12.7 Å². The van der Waals surface area contributed by atoms with Crippen LogP contribution in [0.2, 0.25) is 0 Å². The maximum Gasteiger partial charge on any atom is 0.164 e. The van der Waals surface area contributed by atoms with Gasteiger partial charge in [-0.2, -0.15) is 0 Å². The minimum absolute atomic E-state index is 0.207. The first-order chi connectivity index (χ1) is 9.20. The zero-order chi connectivity index (χ0) is 13.3. The quantitative estimate of drug-likeness (QED) is 0.843. The van der Waals surface area contributed by atoms with Gasteiger partial charge in [0.15, 0.2) is 11.6 Å². The molecule has 1 heterocycles. The fourth-order valence-corrected chi connectivity index (χ4v) is 3.27. The van der Waals surface area contributed by atoms with E-state index in [0.29, 0.717) is 18.7 Å². The van der Waals surface area contributed by atoms with Crippen LogP contribution in [0.15, 0.2) is 18.2 Å². The Morgan fingerprint density at radius 3 is 2.79 bits per heavy atom. The molecule has 1 aliphatic heterocycles. The third kappa shape index (κ3) is 2.51. The molecule has 0 amide bonds. The summed E-state index contributed by atoms with van der Waals surface area (Å²) in [4.78, 5) is 0. The Kier molecular flexibility index (Phi) is 3.54. The molecule has 1 saturated carbocycles. The first-order valence-electron chi connectivity index (χ1n) is 6.96. The first kappa shape index (κ1) is 13.0. The maximum atomic E-state index is 13.8. The van der Waals surface area contributed by atoms with Gasteiger partial charge in [0.25, 0.3) is 0 Å². The molecule has 19 heavy (non-hydrogen) atoms. The summed E-state index contributed by atoms with van der Waals surface area (Å²) in [6.45, 7) is 2.10. The summed E-state index contributed by atoms with van der Waals surface area (Å²) in [6, 6.07) is 4.28. The average molecular weight is 267 g/mol. The number of rotatable bonds is 1. The van der Waals surface area contributed by atoms with Crippen molar-refractivity contribution in [3.05, 3.63) is 35.4 Å². The normalized spacial score (nSPS) is 26.5. The molecule has 2 nitrogen and oxygen atoms in total. The third-order valence-corrected chi connectivity index (χ3v) is 4.41. The van der Waals surface area contributed by atoms with Crippen molar-refractivity contribution in [2.75, 3.05) is 19.7 Å². The molecule has 1 aromatic rings. The van der Waals surface area contributed by atoms with E-state index in [1.807, 2.05) is 0 Å². The van der Waals surface area contributed by atoms with Crippen molar-refractivity contribution in [3.8, 4) is 0 Å². The zero-order valence-corrected chi connectivity index (χ0v) is 10.9. The molecular formula is C15H19F2NO. The Morgan fingerprint density at radius 1 is 1.21 bits per heavy atom. The van der Waals surface area contributed by atoms with Crippen LogP contribution in [0.3, 0.4) is 0 Å². The third-order valence-electron chi connectivity index (χ3n) is 4.41. The molecule has 1 aliphatic carbocycles. The number of benzene rings is 1. The lowest BCUT2D eigenvalue weighted by atomic mass is 9.87. The molecule has 0 radical (unpaired) electrons. The van der Waals surface area contributed by atoms with Crippen molar-refractivity contribution >= 4 is 0 Å². The highest BCUT2D eigenvalue weighted by molar-refractivity contribution is 5.22. The second-order valence-electron chi connectivity index (χ2n) is 5.78. The van der Waals surface area contributed by atoms with Gasteiger partial charge in [0.2, 0.25) is 0 Å². The van der Waals surface area contributed by atoms with E-state index in [-0.39, 0.29) is 5.41 Å². The van der Waals surface area contributed by atoms with E-state index in [9.17, 15) is 8.78 Å². The predicted octanol–water partition coefficient (Wildman–Crippen LogP) is 3.19. The van der Waals surface area contributed by atoms with Gasteiger partial charge in [-0.25, -0.2) is 8.78 Å². The van der Waals surface area contributed by atoms with Gasteiger partial charge in [-0.15, -0.1) is 0 Å². The van der Waals surface area contributed by atoms with Crippen LogP contribution >= 0.6 is 0 Å². The Balaban J connectivity index is 1.78. The van der Waals surface area contributed by atoms with Gasteiger partial charge in [0.1, 0.15) is 0 Å². The van der Waals surface area contributed by atoms with Gasteiger partial charge >= 0.3 is 0 Å². The first-order valence-corrected chi connectivity index (χ1v) is 6.96. The largest absolute Gasteiger partial charge is 0.371 e. The van der Waals surface area contributed by atoms with Crippen LogP contribution in [0.5, 0.6) is 0 Å². The zero-order valence-electron chi connectivity index (χ0n) is 10.9. The maximum absolute atomic E-state index is 13.8. The van der Waals surface area contributed by atoms with Crippen LogP contribution in [0.1, 0.15) is 37.4 Å². The molecule has 1 saturated heterocycles. The van der Waals surface area contributed by atoms with Crippen LogP contribution in [-0.2, 0) is 4.74 Å². The van der Waals surface area contributed by atoms with Crippen LogP contribution in [0.4, 0.5) is 8.78 Å². The van der Waals surface area contributed by atoms with Crippen molar-refractivity contribution < 1.29 is 13.5 Å². The van der Waals surface area contributed by atoms with E-state index in [0.717, 1.165) is 12.6 Å². The topological polar surface area (TPSA) is 21.3 Å². The Labute approximate surface area is 112 Å². The minimum Gasteiger partial charge on any atom is -0.371 e. The lowest BCUT2D eigenvalue weighted by Gasteiger charge is -2.26. The second kappa shape index (κ2) is 5.17. The fourth-order valence-electron chi connectivity index (χ4n) is 3.27. The van der Waals surface area contributed by atoms with Gasteiger partial charge < -0.3 is 10.1 Å². The van der Waals surface area contributed by atoms with Gasteiger partial charge in [-0.1, -0.05) is 25.0 Å². The van der Waals surface area contributed by atoms with Gasteiger partial charge in [0, 0.05) is 24.1 Å². The highest BCUT2D eigenvalue weighted by atomic mass is 19.2. The highest BCUT2D eigenvalue weighted by Crippen LogP contribution is 2.40. The summed E-state index contributed by atoms with van der Waals surface area (Å²) < 4.78 is 33.0. The lowest BCUT2D eigenvalue weighted by Crippen LogP contribution is -2.32. The van der Waals surface area contributed by atoms with Crippen LogP contribution < -0.4 is 5.32 Å². The molecular weight excluding hydrogens is 248 g/mol. The molecule has 2 fully saturated rings. The van der Waals surface area contributed by atoms with E-state index >= 15 is 0 Å².